The molecule has 4 rings (SSSR count). The molecule has 7 nitrogen and oxygen atoms in total. The van der Waals surface area contributed by atoms with Crippen LogP contribution in [-0.2, 0) is 6.18 Å². The minimum atomic E-state index is -4.62. The van der Waals surface area contributed by atoms with Crippen molar-refractivity contribution < 1.29 is 18.1 Å². The second kappa shape index (κ2) is 6.66. The summed E-state index contributed by atoms with van der Waals surface area (Å²) in [4.78, 5) is 18.6. The summed E-state index contributed by atoms with van der Waals surface area (Å²) in [6.45, 7) is 1.46. The number of rotatable bonds is 3. The number of aromatic nitrogens is 4. The van der Waals surface area contributed by atoms with Gasteiger partial charge in [-0.1, -0.05) is 0 Å². The molecule has 0 unspecified atom stereocenters. The number of non-ortho nitro benzene ring substituents is 1. The first-order valence-corrected chi connectivity index (χ1v) is 8.38. The van der Waals surface area contributed by atoms with Gasteiger partial charge in [0.15, 0.2) is 5.65 Å². The monoisotopic (exact) mass is 399 g/mol. The van der Waals surface area contributed by atoms with E-state index in [-0.39, 0.29) is 28.1 Å². The zero-order valence-corrected chi connectivity index (χ0v) is 14.9. The molecule has 0 spiro atoms. The van der Waals surface area contributed by atoms with Crippen LogP contribution in [0.4, 0.5) is 18.9 Å². The van der Waals surface area contributed by atoms with Crippen LogP contribution in [-0.4, -0.2) is 24.7 Å². The first-order chi connectivity index (χ1) is 13.8. The fourth-order valence-corrected chi connectivity index (χ4v) is 3.07. The largest absolute Gasteiger partial charge is 0.417 e. The first kappa shape index (κ1) is 18.5. The topological polar surface area (TPSA) is 86.7 Å². The van der Waals surface area contributed by atoms with Gasteiger partial charge < -0.3 is 0 Å². The molecule has 29 heavy (non-hydrogen) atoms. The maximum atomic E-state index is 13.8. The minimum Gasteiger partial charge on any atom is -0.264 e. The smallest absolute Gasteiger partial charge is 0.264 e. The van der Waals surface area contributed by atoms with E-state index in [4.69, 9.17) is 0 Å². The van der Waals surface area contributed by atoms with E-state index in [1.165, 1.54) is 48.3 Å². The summed E-state index contributed by atoms with van der Waals surface area (Å²) >= 11 is 0. The molecule has 4 aromatic rings. The number of aryl methyl sites for hydroxylation is 1. The Balaban J connectivity index is 2.01. The Bertz CT molecular complexity index is 1220. The van der Waals surface area contributed by atoms with Gasteiger partial charge in [-0.15, -0.1) is 0 Å². The summed E-state index contributed by atoms with van der Waals surface area (Å²) in [6.07, 6.45) is -1.68. The van der Waals surface area contributed by atoms with Crippen LogP contribution >= 0.6 is 0 Å². The quantitative estimate of drug-likeness (QED) is 0.368. The lowest BCUT2D eigenvalue weighted by atomic mass is 10.1. The minimum absolute atomic E-state index is 0.00466. The van der Waals surface area contributed by atoms with Crippen LogP contribution in [0.3, 0.4) is 0 Å². The van der Waals surface area contributed by atoms with Crippen LogP contribution in [0, 0.1) is 17.0 Å². The molecular weight excluding hydrogens is 387 g/mol. The Morgan fingerprint density at radius 1 is 1.14 bits per heavy atom. The molecule has 0 fully saturated rings. The van der Waals surface area contributed by atoms with Gasteiger partial charge in [0, 0.05) is 30.1 Å². The number of nitrogens with zero attached hydrogens (tertiary/aromatic N) is 5. The summed E-state index contributed by atoms with van der Waals surface area (Å²) in [6, 6.07) is 9.54. The second-order valence-corrected chi connectivity index (χ2v) is 6.26. The Hall–Kier alpha value is -3.82. The van der Waals surface area contributed by atoms with Crippen molar-refractivity contribution in [3.63, 3.8) is 0 Å². The maximum Gasteiger partial charge on any atom is 0.417 e. The third kappa shape index (κ3) is 3.28. The molecule has 0 atom stereocenters. The summed E-state index contributed by atoms with van der Waals surface area (Å²) in [5, 5.41) is 15.0. The van der Waals surface area contributed by atoms with Crippen molar-refractivity contribution in [3.8, 4) is 16.9 Å². The summed E-state index contributed by atoms with van der Waals surface area (Å²) in [7, 11) is 0. The number of fused-ring (bicyclic) bond motifs is 1. The van der Waals surface area contributed by atoms with Crippen molar-refractivity contribution in [1.29, 1.82) is 0 Å². The number of pyridine rings is 2. The molecule has 0 N–H and O–H groups in total. The highest BCUT2D eigenvalue weighted by Crippen LogP contribution is 2.38. The summed E-state index contributed by atoms with van der Waals surface area (Å²) in [5.74, 6) is 0. The number of nitro groups is 1. The highest BCUT2D eigenvalue weighted by atomic mass is 19.4. The first-order valence-electron chi connectivity index (χ1n) is 8.38. The molecule has 146 valence electrons. The predicted molar refractivity (Wildman–Crippen MR) is 98.5 cm³/mol. The van der Waals surface area contributed by atoms with Crippen LogP contribution in [0.2, 0.25) is 0 Å². The lowest BCUT2D eigenvalue weighted by molar-refractivity contribution is -0.384. The third-order valence-electron chi connectivity index (χ3n) is 4.38. The fourth-order valence-electron chi connectivity index (χ4n) is 3.07. The van der Waals surface area contributed by atoms with Crippen molar-refractivity contribution in [2.24, 2.45) is 0 Å². The van der Waals surface area contributed by atoms with Gasteiger partial charge in [0.1, 0.15) is 0 Å². The van der Waals surface area contributed by atoms with E-state index in [0.717, 1.165) is 6.07 Å². The number of alkyl halides is 3. The van der Waals surface area contributed by atoms with E-state index in [0.29, 0.717) is 11.3 Å². The second-order valence-electron chi connectivity index (χ2n) is 6.26. The molecule has 0 amide bonds. The molecule has 0 radical (unpaired) electrons. The summed E-state index contributed by atoms with van der Waals surface area (Å²) < 4.78 is 42.6. The number of hydrogen-bond donors (Lipinski definition) is 0. The van der Waals surface area contributed by atoms with E-state index in [9.17, 15) is 23.3 Å². The van der Waals surface area contributed by atoms with E-state index in [2.05, 4.69) is 15.1 Å². The number of benzene rings is 1. The van der Waals surface area contributed by atoms with Gasteiger partial charge >= 0.3 is 6.18 Å². The molecule has 3 aromatic heterocycles. The lowest BCUT2D eigenvalue weighted by Crippen LogP contribution is -2.08. The zero-order chi connectivity index (χ0) is 20.8. The fraction of sp³-hybridized carbons (Fsp3) is 0.105. The Kier molecular flexibility index (Phi) is 4.26. The van der Waals surface area contributed by atoms with E-state index >= 15 is 0 Å². The molecule has 0 saturated carbocycles. The van der Waals surface area contributed by atoms with Gasteiger partial charge in [-0.3, -0.25) is 15.1 Å². The van der Waals surface area contributed by atoms with Crippen LogP contribution < -0.4 is 0 Å². The van der Waals surface area contributed by atoms with Crippen LogP contribution in [0.1, 0.15) is 11.3 Å². The van der Waals surface area contributed by atoms with E-state index in [1.54, 1.807) is 12.1 Å². The molecule has 3 heterocycles. The highest BCUT2D eigenvalue weighted by Gasteiger charge is 2.35. The summed E-state index contributed by atoms with van der Waals surface area (Å²) in [5.41, 5.74) is 0.0440. The van der Waals surface area contributed by atoms with Gasteiger partial charge in [0.05, 0.1) is 32.9 Å². The average molecular weight is 399 g/mol. The van der Waals surface area contributed by atoms with Crippen molar-refractivity contribution in [2.75, 3.05) is 0 Å². The van der Waals surface area contributed by atoms with Gasteiger partial charge in [0.25, 0.3) is 5.69 Å². The third-order valence-corrected chi connectivity index (χ3v) is 4.38. The SMILES string of the molecule is Cc1nn(-c2ccc([N+](=O)[O-])cc2)c2nc(-c3cccnc3)cc(C(F)(F)F)c12. The number of halogens is 3. The van der Waals surface area contributed by atoms with Crippen molar-refractivity contribution in [1.82, 2.24) is 19.7 Å². The predicted octanol–water partition coefficient (Wildman–Crippen LogP) is 4.72. The van der Waals surface area contributed by atoms with Crippen LogP contribution in [0.25, 0.3) is 28.0 Å². The van der Waals surface area contributed by atoms with Crippen LogP contribution in [0.15, 0.2) is 54.9 Å². The Morgan fingerprint density at radius 2 is 1.86 bits per heavy atom. The van der Waals surface area contributed by atoms with Gasteiger partial charge in [-0.05, 0) is 37.3 Å². The number of nitro benzene ring substituents is 1. The molecule has 0 aliphatic rings. The molecule has 1 aromatic carbocycles. The zero-order valence-electron chi connectivity index (χ0n) is 14.9. The van der Waals surface area contributed by atoms with Crippen molar-refractivity contribution in [3.05, 3.63) is 76.2 Å². The molecule has 0 aliphatic carbocycles. The Morgan fingerprint density at radius 3 is 2.45 bits per heavy atom. The molecule has 0 bridgehead atoms. The molecular formula is C19H12F3N5O2. The van der Waals surface area contributed by atoms with Gasteiger partial charge in [-0.2, -0.15) is 18.3 Å². The van der Waals surface area contributed by atoms with E-state index < -0.39 is 16.7 Å². The number of hydrogen-bond acceptors (Lipinski definition) is 5. The molecule has 10 heteroatoms. The normalized spacial score (nSPS) is 11.7. The van der Waals surface area contributed by atoms with Gasteiger partial charge in [0.2, 0.25) is 0 Å². The highest BCUT2D eigenvalue weighted by molar-refractivity contribution is 5.86. The van der Waals surface area contributed by atoms with Gasteiger partial charge in [-0.25, -0.2) is 9.67 Å². The van der Waals surface area contributed by atoms with Crippen molar-refractivity contribution in [2.45, 2.75) is 13.1 Å². The maximum absolute atomic E-state index is 13.8. The average Bonchev–Trinajstić information content (AvgIpc) is 3.04. The standard InChI is InChI=1S/C19H12F3N5O2/c1-11-17-15(19(20,21)22)9-16(12-3-2-8-23-10-12)24-18(17)26(25-11)13-4-6-14(7-5-13)27(28)29/h2-10H,1H3. The molecule has 0 saturated heterocycles. The van der Waals surface area contributed by atoms with Crippen LogP contribution in [0.5, 0.6) is 0 Å². The van der Waals surface area contributed by atoms with Crippen molar-refractivity contribution >= 4 is 16.7 Å². The lowest BCUT2D eigenvalue weighted by Gasteiger charge is -2.11. The Labute approximate surface area is 161 Å². The van der Waals surface area contributed by atoms with E-state index in [1.807, 2.05) is 0 Å². The molecule has 0 aliphatic heterocycles.